The van der Waals surface area contributed by atoms with Crippen molar-refractivity contribution in [3.8, 4) is 5.75 Å². The van der Waals surface area contributed by atoms with Crippen LogP contribution in [0.4, 0.5) is 5.13 Å². The van der Waals surface area contributed by atoms with E-state index < -0.39 is 0 Å². The summed E-state index contributed by atoms with van der Waals surface area (Å²) in [5.41, 5.74) is 3.38. The van der Waals surface area contributed by atoms with Crippen molar-refractivity contribution in [2.75, 3.05) is 44.9 Å². The number of hydrogen-bond donors (Lipinski definition) is 0. The lowest BCUT2D eigenvalue weighted by Crippen LogP contribution is -2.34. The number of aromatic nitrogens is 1. The minimum absolute atomic E-state index is 0.0861. The predicted molar refractivity (Wildman–Crippen MR) is 128 cm³/mol. The molecule has 0 spiro atoms. The third-order valence-electron chi connectivity index (χ3n) is 4.75. The zero-order chi connectivity index (χ0) is 21.7. The number of aryl methyl sites for hydroxylation is 2. The number of thioether (sulfide) groups is 1. The van der Waals surface area contributed by atoms with Crippen LogP contribution in [-0.4, -0.2) is 55.8 Å². The molecular formula is C23H29N3O2S2. The molecule has 0 radical (unpaired) electrons. The van der Waals surface area contributed by atoms with Gasteiger partial charge in [-0.05, 0) is 82.4 Å². The first-order chi connectivity index (χ1) is 14.4. The van der Waals surface area contributed by atoms with E-state index in [1.165, 1.54) is 11.1 Å². The number of benzene rings is 2. The van der Waals surface area contributed by atoms with Crippen LogP contribution in [-0.2, 0) is 4.79 Å². The second kappa shape index (κ2) is 10.3. The Hall–Kier alpha value is -2.09. The average molecular weight is 444 g/mol. The summed E-state index contributed by atoms with van der Waals surface area (Å²) < 4.78 is 6.36. The van der Waals surface area contributed by atoms with E-state index in [2.05, 4.69) is 45.0 Å². The second-order valence-electron chi connectivity index (χ2n) is 7.59. The number of anilines is 1. The Kier molecular flexibility index (Phi) is 7.75. The summed E-state index contributed by atoms with van der Waals surface area (Å²) in [6.07, 6.45) is 0.903. The molecule has 2 aromatic carbocycles. The first-order valence-electron chi connectivity index (χ1n) is 9.97. The summed E-state index contributed by atoms with van der Waals surface area (Å²) in [7, 11) is 5.75. The summed E-state index contributed by atoms with van der Waals surface area (Å²) in [6.45, 7) is 5.78. The zero-order valence-corrected chi connectivity index (χ0v) is 19.9. The van der Waals surface area contributed by atoms with Crippen molar-refractivity contribution in [1.29, 1.82) is 0 Å². The SMILES string of the molecule is COc1ccc(SCC(=O)N(CCCN(C)C)c2nc3cc(C)cc(C)c3s2)cc1. The van der Waals surface area contributed by atoms with Crippen LogP contribution < -0.4 is 9.64 Å². The fourth-order valence-corrected chi connectivity index (χ4v) is 5.08. The van der Waals surface area contributed by atoms with Crippen molar-refractivity contribution in [3.63, 3.8) is 0 Å². The predicted octanol–water partition coefficient (Wildman–Crippen LogP) is 5.00. The highest BCUT2D eigenvalue weighted by Gasteiger charge is 2.20. The van der Waals surface area contributed by atoms with E-state index >= 15 is 0 Å². The Morgan fingerprint density at radius 2 is 1.87 bits per heavy atom. The number of nitrogens with zero attached hydrogens (tertiary/aromatic N) is 3. The number of amides is 1. The maximum atomic E-state index is 13.2. The fourth-order valence-electron chi connectivity index (χ4n) is 3.25. The molecule has 0 bridgehead atoms. The summed E-state index contributed by atoms with van der Waals surface area (Å²) in [6, 6.07) is 12.1. The van der Waals surface area contributed by atoms with Crippen molar-refractivity contribution in [3.05, 3.63) is 47.5 Å². The van der Waals surface area contributed by atoms with Crippen molar-refractivity contribution in [2.24, 2.45) is 0 Å². The molecule has 0 aliphatic carbocycles. The molecule has 0 fully saturated rings. The fraction of sp³-hybridized carbons (Fsp3) is 0.391. The Labute approximate surface area is 187 Å². The number of methoxy groups -OCH3 is 1. The lowest BCUT2D eigenvalue weighted by atomic mass is 10.1. The molecule has 0 aliphatic rings. The molecule has 5 nitrogen and oxygen atoms in total. The highest BCUT2D eigenvalue weighted by Crippen LogP contribution is 2.33. The largest absolute Gasteiger partial charge is 0.497 e. The van der Waals surface area contributed by atoms with Gasteiger partial charge in [0.15, 0.2) is 5.13 Å². The number of rotatable bonds is 9. The van der Waals surface area contributed by atoms with Gasteiger partial charge in [0.1, 0.15) is 5.75 Å². The summed E-state index contributed by atoms with van der Waals surface area (Å²) in [5, 5.41) is 0.790. The van der Waals surface area contributed by atoms with Gasteiger partial charge in [-0.25, -0.2) is 4.98 Å². The molecule has 1 aromatic heterocycles. The van der Waals surface area contributed by atoms with Crippen molar-refractivity contribution in [2.45, 2.75) is 25.2 Å². The van der Waals surface area contributed by atoms with Crippen LogP contribution in [0.25, 0.3) is 10.2 Å². The number of ether oxygens (including phenoxy) is 1. The first-order valence-corrected chi connectivity index (χ1v) is 11.8. The van der Waals surface area contributed by atoms with Crippen molar-refractivity contribution >= 4 is 44.4 Å². The molecular weight excluding hydrogens is 414 g/mol. The van der Waals surface area contributed by atoms with Gasteiger partial charge < -0.3 is 9.64 Å². The number of thiazole rings is 1. The van der Waals surface area contributed by atoms with Crippen LogP contribution in [0, 0.1) is 13.8 Å². The first kappa shape index (κ1) is 22.6. The lowest BCUT2D eigenvalue weighted by molar-refractivity contribution is -0.116. The van der Waals surface area contributed by atoms with Crippen molar-refractivity contribution in [1.82, 2.24) is 9.88 Å². The quantitative estimate of drug-likeness (QED) is 0.436. The van der Waals surface area contributed by atoms with Gasteiger partial charge in [-0.3, -0.25) is 9.69 Å². The molecule has 3 rings (SSSR count). The minimum Gasteiger partial charge on any atom is -0.497 e. The number of carbonyl (C=O) groups is 1. The van der Waals surface area contributed by atoms with Gasteiger partial charge >= 0.3 is 0 Å². The summed E-state index contributed by atoms with van der Waals surface area (Å²) >= 11 is 3.15. The zero-order valence-electron chi connectivity index (χ0n) is 18.3. The molecule has 7 heteroatoms. The maximum absolute atomic E-state index is 13.2. The molecule has 0 atom stereocenters. The van der Waals surface area contributed by atoms with Gasteiger partial charge in [-0.1, -0.05) is 17.4 Å². The molecule has 3 aromatic rings. The molecule has 0 saturated heterocycles. The van der Waals surface area contributed by atoms with Crippen LogP contribution in [0.3, 0.4) is 0 Å². The molecule has 0 aliphatic heterocycles. The van der Waals surface area contributed by atoms with Gasteiger partial charge in [-0.2, -0.15) is 0 Å². The van der Waals surface area contributed by atoms with Crippen molar-refractivity contribution < 1.29 is 9.53 Å². The smallest absolute Gasteiger partial charge is 0.239 e. The topological polar surface area (TPSA) is 45.7 Å². The maximum Gasteiger partial charge on any atom is 0.239 e. The number of fused-ring (bicyclic) bond motifs is 1. The molecule has 160 valence electrons. The Bertz CT molecular complexity index is 1000. The molecule has 0 saturated carbocycles. The Balaban J connectivity index is 1.78. The monoisotopic (exact) mass is 443 g/mol. The number of hydrogen-bond acceptors (Lipinski definition) is 6. The van der Waals surface area contributed by atoms with Gasteiger partial charge in [0.2, 0.25) is 5.91 Å². The third-order valence-corrected chi connectivity index (χ3v) is 6.98. The second-order valence-corrected chi connectivity index (χ2v) is 9.62. The van der Waals surface area contributed by atoms with E-state index in [1.54, 1.807) is 30.2 Å². The highest BCUT2D eigenvalue weighted by molar-refractivity contribution is 8.00. The molecule has 0 N–H and O–H groups in total. The van der Waals surface area contributed by atoms with Crippen LogP contribution >= 0.6 is 23.1 Å². The Morgan fingerprint density at radius 3 is 2.53 bits per heavy atom. The summed E-state index contributed by atoms with van der Waals surface area (Å²) in [5.74, 6) is 1.28. The Morgan fingerprint density at radius 1 is 1.13 bits per heavy atom. The lowest BCUT2D eigenvalue weighted by Gasteiger charge is -2.21. The normalized spacial score (nSPS) is 11.3. The molecule has 1 amide bonds. The van der Waals surface area contributed by atoms with Crippen LogP contribution in [0.2, 0.25) is 0 Å². The third kappa shape index (κ3) is 5.74. The minimum atomic E-state index is 0.0861. The van der Waals surface area contributed by atoms with E-state index in [9.17, 15) is 4.79 Å². The van der Waals surface area contributed by atoms with Gasteiger partial charge in [0.05, 0.1) is 23.1 Å². The van der Waals surface area contributed by atoms with Crippen LogP contribution in [0.5, 0.6) is 5.75 Å². The van der Waals surface area contributed by atoms with Crippen LogP contribution in [0.15, 0.2) is 41.3 Å². The standard InChI is InChI=1S/C23H29N3O2S2/c1-16-13-17(2)22-20(14-16)24-23(30-22)26(12-6-11-25(3)4)21(27)15-29-19-9-7-18(28-5)8-10-19/h7-10,13-14H,6,11-12,15H2,1-5H3. The van der Waals surface area contributed by atoms with Crippen LogP contribution in [0.1, 0.15) is 17.5 Å². The van der Waals surface area contributed by atoms with Gasteiger partial charge in [-0.15, -0.1) is 11.8 Å². The van der Waals surface area contributed by atoms with Gasteiger partial charge in [0, 0.05) is 11.4 Å². The average Bonchev–Trinajstić information content (AvgIpc) is 3.13. The molecule has 0 unspecified atom stereocenters. The highest BCUT2D eigenvalue weighted by atomic mass is 32.2. The van der Waals surface area contributed by atoms with E-state index in [-0.39, 0.29) is 5.91 Å². The molecule has 1 heterocycles. The van der Waals surface area contributed by atoms with E-state index in [0.717, 1.165) is 39.0 Å². The number of carbonyl (C=O) groups excluding carboxylic acids is 1. The van der Waals surface area contributed by atoms with E-state index in [4.69, 9.17) is 9.72 Å². The molecule has 30 heavy (non-hydrogen) atoms. The van der Waals surface area contributed by atoms with E-state index in [0.29, 0.717) is 12.3 Å². The van der Waals surface area contributed by atoms with Gasteiger partial charge in [0.25, 0.3) is 0 Å². The summed E-state index contributed by atoms with van der Waals surface area (Å²) in [4.78, 5) is 23.0. The van der Waals surface area contributed by atoms with E-state index in [1.807, 2.05) is 29.2 Å².